The Morgan fingerprint density at radius 2 is 2.14 bits per heavy atom. The van der Waals surface area contributed by atoms with Crippen molar-refractivity contribution in [1.29, 1.82) is 0 Å². The lowest BCUT2D eigenvalue weighted by Gasteiger charge is -2.12. The molecule has 0 spiro atoms. The number of carboxylic acids is 1. The number of carboxylic acid groups (broad SMARTS) is 1. The van der Waals surface area contributed by atoms with Gasteiger partial charge in [0.05, 0.1) is 12.1 Å². The summed E-state index contributed by atoms with van der Waals surface area (Å²) in [5.41, 5.74) is 0.112. The monoisotopic (exact) mass is 291 g/mol. The predicted molar refractivity (Wildman–Crippen MR) is 73.1 cm³/mol. The zero-order chi connectivity index (χ0) is 15.6. The second-order valence-electron chi connectivity index (χ2n) is 4.94. The van der Waals surface area contributed by atoms with Gasteiger partial charge in [-0.25, -0.2) is 4.79 Å². The van der Waals surface area contributed by atoms with E-state index in [0.717, 1.165) is 0 Å². The third-order valence-electron chi connectivity index (χ3n) is 3.24. The Kier molecular flexibility index (Phi) is 4.39. The molecule has 0 bridgehead atoms. The zero-order valence-electron chi connectivity index (χ0n) is 11.4. The number of rotatable bonds is 4. The van der Waals surface area contributed by atoms with E-state index in [9.17, 15) is 19.4 Å². The van der Waals surface area contributed by atoms with Crippen LogP contribution in [-0.4, -0.2) is 60.0 Å². The highest BCUT2D eigenvalue weighted by atomic mass is 16.6. The predicted octanol–water partition coefficient (Wildman–Crippen LogP) is -1.25. The summed E-state index contributed by atoms with van der Waals surface area (Å²) in [5, 5.41) is 18.7. The van der Waals surface area contributed by atoms with Crippen LogP contribution < -0.4 is 5.46 Å². The van der Waals surface area contributed by atoms with Crippen LogP contribution in [0.1, 0.15) is 10.4 Å². The number of hydrogen-bond acceptors (Lipinski definition) is 6. The fourth-order valence-corrected chi connectivity index (χ4v) is 2.15. The van der Waals surface area contributed by atoms with Gasteiger partial charge in [0, 0.05) is 6.54 Å². The maximum Gasteiger partial charge on any atom is 0.561 e. The summed E-state index contributed by atoms with van der Waals surface area (Å²) >= 11 is 0. The smallest absolute Gasteiger partial charge is 0.505 e. The minimum atomic E-state index is -1.60. The SMILES string of the molecule is CN1CC(=O)C(C(=O)OB(O)c2cccc(C(=O)O)c2)C1. The number of nitrogens with zero attached hydrogens (tertiary/aromatic N) is 1. The minimum absolute atomic E-state index is 0.0284. The fourth-order valence-electron chi connectivity index (χ4n) is 2.15. The van der Waals surface area contributed by atoms with E-state index in [1.54, 1.807) is 11.9 Å². The summed E-state index contributed by atoms with van der Waals surface area (Å²) in [5.74, 6) is -3.12. The van der Waals surface area contributed by atoms with Crippen LogP contribution in [0.3, 0.4) is 0 Å². The lowest BCUT2D eigenvalue weighted by Crippen LogP contribution is -2.39. The normalized spacial score (nSPS) is 18.6. The van der Waals surface area contributed by atoms with Crippen molar-refractivity contribution in [2.24, 2.45) is 5.92 Å². The Balaban J connectivity index is 2.06. The molecule has 1 aliphatic heterocycles. The van der Waals surface area contributed by atoms with E-state index in [4.69, 9.17) is 9.76 Å². The molecule has 8 heteroatoms. The van der Waals surface area contributed by atoms with Crippen molar-refractivity contribution in [3.05, 3.63) is 29.8 Å². The first-order chi connectivity index (χ1) is 9.88. The van der Waals surface area contributed by atoms with Gasteiger partial charge in [0.15, 0.2) is 5.78 Å². The van der Waals surface area contributed by atoms with Crippen LogP contribution in [0.2, 0.25) is 0 Å². The van der Waals surface area contributed by atoms with Crippen molar-refractivity contribution in [3.63, 3.8) is 0 Å². The van der Waals surface area contributed by atoms with Gasteiger partial charge in [-0.05, 0) is 24.6 Å². The van der Waals surface area contributed by atoms with Gasteiger partial charge < -0.3 is 14.8 Å². The Morgan fingerprint density at radius 1 is 1.43 bits per heavy atom. The van der Waals surface area contributed by atoms with Gasteiger partial charge in [0.2, 0.25) is 0 Å². The molecule has 0 aromatic heterocycles. The molecule has 1 unspecified atom stereocenters. The molecule has 1 aromatic rings. The first-order valence-corrected chi connectivity index (χ1v) is 6.31. The van der Waals surface area contributed by atoms with E-state index in [1.165, 1.54) is 24.3 Å². The average molecular weight is 291 g/mol. The van der Waals surface area contributed by atoms with Gasteiger partial charge in [-0.2, -0.15) is 0 Å². The second-order valence-corrected chi connectivity index (χ2v) is 4.94. The Hall–Kier alpha value is -2.19. The third kappa shape index (κ3) is 3.47. The van der Waals surface area contributed by atoms with Crippen molar-refractivity contribution >= 4 is 30.3 Å². The summed E-state index contributed by atoms with van der Waals surface area (Å²) in [6, 6.07) is 5.44. The van der Waals surface area contributed by atoms with E-state index in [2.05, 4.69) is 0 Å². The number of carbonyl (C=O) groups excluding carboxylic acids is 2. The number of likely N-dealkylation sites (N-methyl/N-ethyl adjacent to an activating group) is 1. The highest BCUT2D eigenvalue weighted by molar-refractivity contribution is 6.61. The maximum atomic E-state index is 11.9. The van der Waals surface area contributed by atoms with Crippen molar-refractivity contribution < 1.29 is 29.2 Å². The van der Waals surface area contributed by atoms with Crippen molar-refractivity contribution in [2.45, 2.75) is 0 Å². The molecule has 0 amide bonds. The van der Waals surface area contributed by atoms with Crippen molar-refractivity contribution in [3.8, 4) is 0 Å². The molecule has 1 atom stereocenters. The molecule has 1 fully saturated rings. The highest BCUT2D eigenvalue weighted by Crippen LogP contribution is 2.12. The number of ketones is 1. The van der Waals surface area contributed by atoms with Crippen molar-refractivity contribution in [2.75, 3.05) is 20.1 Å². The molecular weight excluding hydrogens is 277 g/mol. The van der Waals surface area contributed by atoms with Gasteiger partial charge >= 0.3 is 19.1 Å². The Labute approximate surface area is 121 Å². The van der Waals surface area contributed by atoms with E-state index >= 15 is 0 Å². The molecule has 1 heterocycles. The van der Waals surface area contributed by atoms with Crippen LogP contribution in [0.4, 0.5) is 0 Å². The number of Topliss-reactive ketones (excluding diaryl/α,β-unsaturated/α-hetero) is 1. The molecule has 2 rings (SSSR count). The summed E-state index contributed by atoms with van der Waals surface area (Å²) in [6.07, 6.45) is 0. The number of benzene rings is 1. The Morgan fingerprint density at radius 3 is 2.71 bits per heavy atom. The zero-order valence-corrected chi connectivity index (χ0v) is 11.4. The number of aromatic carboxylic acids is 1. The second kappa shape index (κ2) is 6.07. The van der Waals surface area contributed by atoms with Gasteiger partial charge in [-0.1, -0.05) is 12.1 Å². The fraction of sp³-hybridized carbons (Fsp3) is 0.308. The lowest BCUT2D eigenvalue weighted by molar-refractivity contribution is -0.142. The molecule has 7 nitrogen and oxygen atoms in total. The standard InChI is InChI=1S/C13H14BNO6/c1-15-6-10(11(16)7-15)13(19)21-14(20)9-4-2-3-8(5-9)12(17)18/h2-5,10,20H,6-7H2,1H3,(H,17,18). The van der Waals surface area contributed by atoms with E-state index in [0.29, 0.717) is 0 Å². The van der Waals surface area contributed by atoms with Crippen LogP contribution in [0, 0.1) is 5.92 Å². The van der Waals surface area contributed by atoms with Gasteiger partial charge in [-0.3, -0.25) is 14.5 Å². The van der Waals surface area contributed by atoms with Crippen LogP contribution in [0.15, 0.2) is 24.3 Å². The number of likely N-dealkylation sites (tertiary alicyclic amines) is 1. The molecule has 1 saturated heterocycles. The molecule has 2 N–H and O–H groups in total. The summed E-state index contributed by atoms with van der Waals surface area (Å²) < 4.78 is 4.85. The largest absolute Gasteiger partial charge is 0.561 e. The molecule has 0 aliphatic carbocycles. The van der Waals surface area contributed by atoms with Gasteiger partial charge in [0.25, 0.3) is 0 Å². The van der Waals surface area contributed by atoms with E-state index < -0.39 is 25.0 Å². The van der Waals surface area contributed by atoms with Crippen LogP contribution in [-0.2, 0) is 14.2 Å². The lowest BCUT2D eigenvalue weighted by atomic mass is 9.78. The number of hydrogen-bond donors (Lipinski definition) is 2. The topological polar surface area (TPSA) is 104 Å². The van der Waals surface area contributed by atoms with Crippen molar-refractivity contribution in [1.82, 2.24) is 4.90 Å². The molecule has 1 aromatic carbocycles. The highest BCUT2D eigenvalue weighted by Gasteiger charge is 2.37. The van der Waals surface area contributed by atoms with Crippen LogP contribution in [0.25, 0.3) is 0 Å². The molecular formula is C13H14BNO6. The van der Waals surface area contributed by atoms with Gasteiger partial charge in [0.1, 0.15) is 5.92 Å². The van der Waals surface area contributed by atoms with Crippen LogP contribution >= 0.6 is 0 Å². The summed E-state index contributed by atoms with van der Waals surface area (Å²) in [6.45, 7) is 0.421. The first kappa shape index (κ1) is 15.2. The molecule has 0 radical (unpaired) electrons. The summed E-state index contributed by atoms with van der Waals surface area (Å²) in [4.78, 5) is 36.0. The van der Waals surface area contributed by atoms with E-state index in [-0.39, 0.29) is 29.9 Å². The molecule has 110 valence electrons. The van der Waals surface area contributed by atoms with E-state index in [1.807, 2.05) is 0 Å². The molecule has 1 aliphatic rings. The van der Waals surface area contributed by atoms with Crippen LogP contribution in [0.5, 0.6) is 0 Å². The Bertz CT molecular complexity index is 590. The third-order valence-corrected chi connectivity index (χ3v) is 3.24. The quantitative estimate of drug-likeness (QED) is 0.527. The molecule has 21 heavy (non-hydrogen) atoms. The first-order valence-electron chi connectivity index (χ1n) is 6.31. The minimum Gasteiger partial charge on any atom is -0.505 e. The maximum absolute atomic E-state index is 11.9. The molecule has 0 saturated carbocycles. The number of carbonyl (C=O) groups is 3. The summed E-state index contributed by atoms with van der Waals surface area (Å²) in [7, 11) is 0.105. The average Bonchev–Trinajstić information content (AvgIpc) is 2.77. The van der Waals surface area contributed by atoms with Gasteiger partial charge in [-0.15, -0.1) is 0 Å².